The number of nitrogens with zero attached hydrogens (tertiary/aromatic N) is 2. The summed E-state index contributed by atoms with van der Waals surface area (Å²) in [6.07, 6.45) is -0.182. The Morgan fingerprint density at radius 2 is 2.03 bits per heavy atom. The van der Waals surface area contributed by atoms with Crippen molar-refractivity contribution in [3.8, 4) is 5.75 Å². The lowest BCUT2D eigenvalue weighted by molar-refractivity contribution is -0.501. The third-order valence-electron chi connectivity index (χ3n) is 5.49. The van der Waals surface area contributed by atoms with Crippen molar-refractivity contribution in [1.29, 1.82) is 0 Å². The first-order valence-corrected chi connectivity index (χ1v) is 11.2. The molecule has 1 aliphatic carbocycles. The molecule has 0 radical (unpaired) electrons. The fourth-order valence-electron chi connectivity index (χ4n) is 4.00. The van der Waals surface area contributed by atoms with Crippen LogP contribution in [0.25, 0.3) is 0 Å². The molecule has 2 aliphatic rings. The topological polar surface area (TPSA) is 139 Å². The van der Waals surface area contributed by atoms with Crippen molar-refractivity contribution in [1.82, 2.24) is 4.72 Å². The number of hydrogen-bond donors (Lipinski definition) is 2. The molecule has 1 fully saturated rings. The Balaban J connectivity index is 1.78. The first-order chi connectivity index (χ1) is 15.1. The molecule has 1 heterocycles. The lowest BCUT2D eigenvalue weighted by Gasteiger charge is -2.32. The van der Waals surface area contributed by atoms with E-state index in [4.69, 9.17) is 4.74 Å². The zero-order valence-electron chi connectivity index (χ0n) is 16.8. The van der Waals surface area contributed by atoms with Gasteiger partial charge in [0.15, 0.2) is 5.82 Å². The number of nitrogens with one attached hydrogen (secondary N) is 1. The summed E-state index contributed by atoms with van der Waals surface area (Å²) < 4.78 is 48.7. The molecule has 1 amide bonds. The fraction of sp³-hybridized carbons (Fsp3) is 0.350. The molecule has 2 aromatic carbocycles. The minimum Gasteiger partial charge on any atom is -0.487 e. The van der Waals surface area contributed by atoms with E-state index in [9.17, 15) is 28.4 Å². The standard InChI is InChI=1S/C20H20FN3O7S/c21-18-15-9-20(26,12-24(27)28)7-6-14(15)8-16(31-11-13-4-2-1-3-5-13)19(18)23-10-17(25)22-32(23,29)30/h1-5,8,26H,6-7,9-12H2,(H,22,25). The Labute approximate surface area is 182 Å². The molecule has 0 saturated carbocycles. The minimum absolute atomic E-state index is 0.0204. The van der Waals surface area contributed by atoms with E-state index in [1.807, 2.05) is 6.07 Å². The number of carbonyl (C=O) groups excluding carboxylic acids is 1. The normalized spacial score (nSPS) is 21.7. The number of fused-ring (bicyclic) bond motifs is 1. The number of carbonyl (C=O) groups is 1. The van der Waals surface area contributed by atoms with Crippen molar-refractivity contribution in [2.24, 2.45) is 0 Å². The van der Waals surface area contributed by atoms with Gasteiger partial charge in [-0.3, -0.25) is 14.9 Å². The summed E-state index contributed by atoms with van der Waals surface area (Å²) >= 11 is 0. The summed E-state index contributed by atoms with van der Waals surface area (Å²) in [5.41, 5.74) is -1.05. The maximum absolute atomic E-state index is 15.7. The molecule has 1 atom stereocenters. The number of rotatable bonds is 6. The van der Waals surface area contributed by atoms with Gasteiger partial charge >= 0.3 is 10.2 Å². The van der Waals surface area contributed by atoms with Gasteiger partial charge in [-0.1, -0.05) is 30.3 Å². The maximum Gasteiger partial charge on any atom is 0.326 e. The summed E-state index contributed by atoms with van der Waals surface area (Å²) in [5, 5.41) is 21.5. The molecule has 2 aromatic rings. The van der Waals surface area contributed by atoms with Crippen LogP contribution in [-0.4, -0.2) is 43.0 Å². The number of amides is 1. The van der Waals surface area contributed by atoms with E-state index < -0.39 is 51.2 Å². The van der Waals surface area contributed by atoms with Gasteiger partial charge in [-0.25, -0.2) is 13.4 Å². The molecule has 32 heavy (non-hydrogen) atoms. The number of hydrogen-bond acceptors (Lipinski definition) is 7. The number of benzene rings is 2. The van der Waals surface area contributed by atoms with Gasteiger partial charge in [-0.15, -0.1) is 0 Å². The molecule has 10 nitrogen and oxygen atoms in total. The number of nitro groups is 1. The van der Waals surface area contributed by atoms with Crippen molar-refractivity contribution in [2.75, 3.05) is 17.4 Å². The highest BCUT2D eigenvalue weighted by Crippen LogP contribution is 2.42. The third-order valence-corrected chi connectivity index (χ3v) is 6.87. The average Bonchev–Trinajstić information content (AvgIpc) is 2.98. The van der Waals surface area contributed by atoms with Gasteiger partial charge in [-0.05, 0) is 35.6 Å². The predicted molar refractivity (Wildman–Crippen MR) is 110 cm³/mol. The van der Waals surface area contributed by atoms with Crippen LogP contribution in [0.3, 0.4) is 0 Å². The summed E-state index contributed by atoms with van der Waals surface area (Å²) in [4.78, 5) is 22.0. The summed E-state index contributed by atoms with van der Waals surface area (Å²) in [6.45, 7) is -1.39. The van der Waals surface area contributed by atoms with E-state index >= 15 is 4.39 Å². The van der Waals surface area contributed by atoms with E-state index in [-0.39, 0.29) is 37.2 Å². The molecule has 2 N–H and O–H groups in total. The highest BCUT2D eigenvalue weighted by Gasteiger charge is 2.43. The van der Waals surface area contributed by atoms with Crippen LogP contribution in [-0.2, 0) is 34.5 Å². The van der Waals surface area contributed by atoms with E-state index in [0.717, 1.165) is 5.56 Å². The molecular weight excluding hydrogens is 445 g/mol. The quantitative estimate of drug-likeness (QED) is 0.481. The largest absolute Gasteiger partial charge is 0.487 e. The molecule has 4 rings (SSSR count). The van der Waals surface area contributed by atoms with E-state index in [1.54, 1.807) is 29.0 Å². The Morgan fingerprint density at radius 1 is 1.31 bits per heavy atom. The number of ether oxygens (including phenoxy) is 1. The number of aliphatic hydroxyl groups is 1. The van der Waals surface area contributed by atoms with Crippen LogP contribution in [0.5, 0.6) is 5.75 Å². The van der Waals surface area contributed by atoms with Gasteiger partial charge in [0.25, 0.3) is 5.91 Å². The Hall–Kier alpha value is -3.25. The molecule has 170 valence electrons. The zero-order chi connectivity index (χ0) is 23.1. The number of halogens is 1. The molecule has 0 spiro atoms. The second-order valence-electron chi connectivity index (χ2n) is 7.88. The first kappa shape index (κ1) is 22.0. The van der Waals surface area contributed by atoms with Crippen LogP contribution >= 0.6 is 0 Å². The van der Waals surface area contributed by atoms with Gasteiger partial charge in [0, 0.05) is 11.3 Å². The van der Waals surface area contributed by atoms with Gasteiger partial charge in [0.1, 0.15) is 30.2 Å². The van der Waals surface area contributed by atoms with E-state index in [0.29, 0.717) is 9.87 Å². The highest BCUT2D eigenvalue weighted by molar-refractivity contribution is 7.92. The van der Waals surface area contributed by atoms with E-state index in [1.165, 1.54) is 6.07 Å². The van der Waals surface area contributed by atoms with Crippen LogP contribution in [0, 0.1) is 15.9 Å². The Kier molecular flexibility index (Phi) is 5.51. The predicted octanol–water partition coefficient (Wildman–Crippen LogP) is 1.08. The third kappa shape index (κ3) is 4.23. The zero-order valence-corrected chi connectivity index (χ0v) is 17.6. The smallest absolute Gasteiger partial charge is 0.326 e. The molecule has 0 aromatic heterocycles. The molecule has 1 aliphatic heterocycles. The second kappa shape index (κ2) is 8.02. The number of aryl methyl sites for hydroxylation is 1. The van der Waals surface area contributed by atoms with Crippen molar-refractivity contribution in [3.05, 3.63) is 69.0 Å². The SMILES string of the molecule is O=C1CN(c2c(OCc3ccccc3)cc3c(c2F)CC(O)(C[N+](=O)[O-])CC3)S(=O)(=O)N1. The van der Waals surface area contributed by atoms with Gasteiger partial charge in [-0.2, -0.15) is 8.42 Å². The minimum atomic E-state index is -4.35. The van der Waals surface area contributed by atoms with Crippen LogP contribution in [0.1, 0.15) is 23.1 Å². The van der Waals surface area contributed by atoms with Gasteiger partial charge < -0.3 is 9.84 Å². The Morgan fingerprint density at radius 3 is 2.66 bits per heavy atom. The van der Waals surface area contributed by atoms with Crippen molar-refractivity contribution in [2.45, 2.75) is 31.5 Å². The second-order valence-corrected chi connectivity index (χ2v) is 9.47. The average molecular weight is 465 g/mol. The van der Waals surface area contributed by atoms with E-state index in [2.05, 4.69) is 0 Å². The molecular formula is C20H20FN3O7S. The number of anilines is 1. The first-order valence-electron chi connectivity index (χ1n) is 9.76. The van der Waals surface area contributed by atoms with Crippen molar-refractivity contribution < 1.29 is 32.4 Å². The van der Waals surface area contributed by atoms with Crippen LogP contribution in [0.2, 0.25) is 0 Å². The monoisotopic (exact) mass is 465 g/mol. The summed E-state index contributed by atoms with van der Waals surface area (Å²) in [7, 11) is -4.35. The Bertz CT molecular complexity index is 1190. The van der Waals surface area contributed by atoms with Crippen LogP contribution in [0.15, 0.2) is 36.4 Å². The van der Waals surface area contributed by atoms with Crippen LogP contribution in [0.4, 0.5) is 10.1 Å². The molecule has 0 bridgehead atoms. The highest BCUT2D eigenvalue weighted by atomic mass is 32.2. The van der Waals surface area contributed by atoms with Crippen LogP contribution < -0.4 is 13.8 Å². The molecule has 1 saturated heterocycles. The van der Waals surface area contributed by atoms with Gasteiger partial charge in [0.05, 0.1) is 0 Å². The molecule has 1 unspecified atom stereocenters. The maximum atomic E-state index is 15.7. The molecule has 12 heteroatoms. The fourth-order valence-corrected chi connectivity index (χ4v) is 5.16. The lowest BCUT2D eigenvalue weighted by atomic mass is 9.79. The van der Waals surface area contributed by atoms with Gasteiger partial charge in [0.2, 0.25) is 6.54 Å². The lowest BCUT2D eigenvalue weighted by Crippen LogP contribution is -2.43. The summed E-state index contributed by atoms with van der Waals surface area (Å²) in [5.74, 6) is -1.90. The summed E-state index contributed by atoms with van der Waals surface area (Å²) in [6, 6.07) is 10.4. The van der Waals surface area contributed by atoms with Crippen molar-refractivity contribution >= 4 is 21.8 Å². The van der Waals surface area contributed by atoms with Crippen molar-refractivity contribution in [3.63, 3.8) is 0 Å².